The number of halogens is 1. The highest BCUT2D eigenvalue weighted by Gasteiger charge is 1.93. The summed E-state index contributed by atoms with van der Waals surface area (Å²) in [5.74, 6) is 9.22. The van der Waals surface area contributed by atoms with Crippen LogP contribution in [0.2, 0.25) is 0 Å². The fraction of sp³-hybridized carbons (Fsp3) is 0. The molecule has 0 amide bonds. The molecule has 5 nitrogen and oxygen atoms in total. The van der Waals surface area contributed by atoms with Crippen LogP contribution in [-0.4, -0.2) is 10.5 Å². The zero-order valence-corrected chi connectivity index (χ0v) is 4.24. The maximum Gasteiger partial charge on any atom is 0.235 e. The van der Waals surface area contributed by atoms with Crippen LogP contribution in [0.5, 0.6) is 0 Å². The number of nitrogens with one attached hydrogen (secondary N) is 2. The molecule has 0 aliphatic rings. The molecule has 0 saturated heterocycles. The number of nitrogens with zero attached hydrogens (tertiary/aromatic N) is 1. The van der Waals surface area contributed by atoms with Gasteiger partial charge in [0.15, 0.2) is 0 Å². The van der Waals surface area contributed by atoms with E-state index in [0.29, 0.717) is 4.53 Å². The second kappa shape index (κ2) is 2.62. The maximum atomic E-state index is 6.62. The zero-order chi connectivity index (χ0) is 5.86. The standard InChI is InChI=1S/CH6ClN5/c2-7(5)1(3)6-4/h4-5H2,(H2,3,6). The van der Waals surface area contributed by atoms with Crippen LogP contribution < -0.4 is 17.1 Å². The second-order valence-corrected chi connectivity index (χ2v) is 1.17. The molecule has 0 aliphatic heterocycles. The predicted molar refractivity (Wildman–Crippen MR) is 26.9 cm³/mol. The summed E-state index contributed by atoms with van der Waals surface area (Å²) in [7, 11) is 0. The van der Waals surface area contributed by atoms with Gasteiger partial charge >= 0.3 is 0 Å². The lowest BCUT2D eigenvalue weighted by Crippen LogP contribution is -2.42. The van der Waals surface area contributed by atoms with Gasteiger partial charge in [-0.2, -0.15) is 4.53 Å². The SMILES string of the molecule is N=C(NN)N(N)Cl. The highest BCUT2D eigenvalue weighted by molar-refractivity contribution is 6.20. The van der Waals surface area contributed by atoms with E-state index in [2.05, 4.69) is 0 Å². The summed E-state index contributed by atoms with van der Waals surface area (Å²) in [6, 6.07) is 0. The van der Waals surface area contributed by atoms with Gasteiger partial charge in [0.1, 0.15) is 0 Å². The Morgan fingerprint density at radius 1 is 1.86 bits per heavy atom. The highest BCUT2D eigenvalue weighted by atomic mass is 35.5. The summed E-state index contributed by atoms with van der Waals surface area (Å²) in [4.78, 5) is 0. The monoisotopic (exact) mass is 123 g/mol. The fourth-order valence-electron chi connectivity index (χ4n) is 0.0617. The first kappa shape index (κ1) is 6.48. The highest BCUT2D eigenvalue weighted by Crippen LogP contribution is 1.76. The Hall–Kier alpha value is -0.520. The molecule has 0 radical (unpaired) electrons. The Bertz CT molecular complexity index is 68.5. The van der Waals surface area contributed by atoms with Crippen molar-refractivity contribution in [1.29, 1.82) is 5.41 Å². The number of hydrogen-bond donors (Lipinski definition) is 4. The van der Waals surface area contributed by atoms with Gasteiger partial charge < -0.3 is 0 Å². The van der Waals surface area contributed by atoms with Gasteiger partial charge in [0.25, 0.3) is 0 Å². The maximum absolute atomic E-state index is 6.62. The molecule has 0 fully saturated rings. The first-order valence-electron chi connectivity index (χ1n) is 1.44. The lowest BCUT2D eigenvalue weighted by molar-refractivity contribution is 0.661. The van der Waals surface area contributed by atoms with Gasteiger partial charge in [-0.3, -0.25) is 10.8 Å². The molecule has 6 heteroatoms. The minimum absolute atomic E-state index is 0.248. The molecule has 42 valence electrons. The third-order valence-corrected chi connectivity index (χ3v) is 0.519. The van der Waals surface area contributed by atoms with E-state index in [1.165, 1.54) is 0 Å². The summed E-state index contributed by atoms with van der Waals surface area (Å²) < 4.78 is 0.542. The summed E-state index contributed by atoms with van der Waals surface area (Å²) >= 11 is 4.97. The largest absolute Gasteiger partial charge is 0.292 e. The van der Waals surface area contributed by atoms with Gasteiger partial charge in [-0.05, 0) is 0 Å². The molecule has 7 heavy (non-hydrogen) atoms. The lowest BCUT2D eigenvalue weighted by Gasteiger charge is -2.05. The van der Waals surface area contributed by atoms with Crippen molar-refractivity contribution in [3.8, 4) is 0 Å². The topological polar surface area (TPSA) is 91.2 Å². The van der Waals surface area contributed by atoms with Crippen molar-refractivity contribution >= 4 is 17.7 Å². The molecule has 0 bridgehead atoms. The number of rotatable bonds is 0. The lowest BCUT2D eigenvalue weighted by atomic mass is 11.1. The third kappa shape index (κ3) is 2.21. The Balaban J connectivity index is 3.35. The van der Waals surface area contributed by atoms with Crippen molar-refractivity contribution in [3.05, 3.63) is 0 Å². The second-order valence-electron chi connectivity index (χ2n) is 0.804. The average molecular weight is 124 g/mol. The van der Waals surface area contributed by atoms with Crippen molar-refractivity contribution in [3.63, 3.8) is 0 Å². The zero-order valence-electron chi connectivity index (χ0n) is 3.48. The van der Waals surface area contributed by atoms with Crippen molar-refractivity contribution in [2.75, 3.05) is 0 Å². The fourth-order valence-corrected chi connectivity index (χ4v) is 0.110. The number of guanidine groups is 1. The molecule has 6 N–H and O–H groups in total. The Kier molecular flexibility index (Phi) is 2.42. The molecule has 0 aromatic rings. The van der Waals surface area contributed by atoms with Crippen LogP contribution in [0, 0.1) is 5.41 Å². The molecule has 0 aliphatic carbocycles. The first-order valence-corrected chi connectivity index (χ1v) is 1.78. The molecule has 0 aromatic heterocycles. The summed E-state index contributed by atoms with van der Waals surface area (Å²) in [6.45, 7) is 0. The van der Waals surface area contributed by atoms with E-state index in [4.69, 9.17) is 28.9 Å². The Labute approximate surface area is 45.8 Å². The molecule has 0 atom stereocenters. The normalized spacial score (nSPS) is 7.86. The van der Waals surface area contributed by atoms with E-state index in [0.717, 1.165) is 0 Å². The summed E-state index contributed by atoms with van der Waals surface area (Å²) in [5.41, 5.74) is 1.92. The number of hydrazine groups is 2. The van der Waals surface area contributed by atoms with Gasteiger partial charge in [-0.15, -0.1) is 0 Å². The van der Waals surface area contributed by atoms with Crippen molar-refractivity contribution in [1.82, 2.24) is 9.95 Å². The smallest absolute Gasteiger partial charge is 0.235 e. The summed E-state index contributed by atoms with van der Waals surface area (Å²) in [6.07, 6.45) is 0. The third-order valence-electron chi connectivity index (χ3n) is 0.350. The number of nitrogens with two attached hydrogens (primary N) is 2. The van der Waals surface area contributed by atoms with Crippen LogP contribution >= 0.6 is 11.8 Å². The number of hydrogen-bond acceptors (Lipinski definition) is 3. The van der Waals surface area contributed by atoms with Crippen molar-refractivity contribution in [2.24, 2.45) is 11.7 Å². The van der Waals surface area contributed by atoms with E-state index >= 15 is 0 Å². The van der Waals surface area contributed by atoms with E-state index in [1.807, 2.05) is 5.43 Å². The summed E-state index contributed by atoms with van der Waals surface area (Å²) in [5, 5.41) is 6.62. The van der Waals surface area contributed by atoms with Gasteiger partial charge in [0.2, 0.25) is 5.96 Å². The molecular weight excluding hydrogens is 117 g/mol. The minimum atomic E-state index is -0.248. The molecule has 0 heterocycles. The molecule has 0 unspecified atom stereocenters. The average Bonchev–Trinajstić information content (AvgIpc) is 1.65. The van der Waals surface area contributed by atoms with E-state index < -0.39 is 0 Å². The van der Waals surface area contributed by atoms with Crippen LogP contribution in [0.3, 0.4) is 0 Å². The van der Waals surface area contributed by atoms with Gasteiger partial charge in [-0.1, -0.05) is 0 Å². The van der Waals surface area contributed by atoms with Crippen LogP contribution in [-0.2, 0) is 0 Å². The van der Waals surface area contributed by atoms with Gasteiger partial charge in [-0.25, -0.2) is 11.7 Å². The van der Waals surface area contributed by atoms with E-state index in [9.17, 15) is 0 Å². The van der Waals surface area contributed by atoms with Crippen LogP contribution in [0.1, 0.15) is 0 Å². The van der Waals surface area contributed by atoms with E-state index in [1.54, 1.807) is 0 Å². The minimum Gasteiger partial charge on any atom is -0.292 e. The predicted octanol–water partition coefficient (Wildman–Crippen LogP) is -1.29. The van der Waals surface area contributed by atoms with Crippen LogP contribution in [0.15, 0.2) is 0 Å². The Morgan fingerprint density at radius 3 is 2.29 bits per heavy atom. The molecule has 0 rings (SSSR count). The quantitative estimate of drug-likeness (QED) is 0.106. The van der Waals surface area contributed by atoms with Gasteiger partial charge in [0, 0.05) is 11.8 Å². The van der Waals surface area contributed by atoms with E-state index in [-0.39, 0.29) is 5.96 Å². The Morgan fingerprint density at radius 2 is 2.29 bits per heavy atom. The van der Waals surface area contributed by atoms with Crippen LogP contribution in [0.25, 0.3) is 0 Å². The van der Waals surface area contributed by atoms with Crippen LogP contribution in [0.4, 0.5) is 0 Å². The van der Waals surface area contributed by atoms with Gasteiger partial charge in [0.05, 0.1) is 0 Å². The van der Waals surface area contributed by atoms with Crippen molar-refractivity contribution < 1.29 is 0 Å². The first-order chi connectivity index (χ1) is 3.18. The molecule has 0 spiro atoms. The van der Waals surface area contributed by atoms with Crippen molar-refractivity contribution in [2.45, 2.75) is 0 Å². The molecule has 0 aromatic carbocycles. The molecular formula is CH6ClN5. The molecule has 0 saturated carbocycles.